The van der Waals surface area contributed by atoms with E-state index in [9.17, 15) is 9.59 Å². The van der Waals surface area contributed by atoms with Gasteiger partial charge in [-0.05, 0) is 36.8 Å². The minimum absolute atomic E-state index is 0.121. The molecule has 5 nitrogen and oxygen atoms in total. The van der Waals surface area contributed by atoms with Gasteiger partial charge in [0, 0.05) is 10.5 Å². The molecule has 3 aromatic rings. The molecule has 3 rings (SSSR count). The van der Waals surface area contributed by atoms with Gasteiger partial charge in [0.2, 0.25) is 5.76 Å². The Morgan fingerprint density at radius 1 is 1.16 bits per heavy atom. The minimum Gasteiger partial charge on any atom is -0.488 e. The van der Waals surface area contributed by atoms with E-state index in [-0.39, 0.29) is 23.4 Å². The molecule has 0 aliphatic carbocycles. The minimum atomic E-state index is -0.664. The number of hydrogen-bond acceptors (Lipinski definition) is 5. The molecule has 0 fully saturated rings. The Hall–Kier alpha value is -2.60. The van der Waals surface area contributed by atoms with Gasteiger partial charge in [-0.25, -0.2) is 4.79 Å². The highest BCUT2D eigenvalue weighted by atomic mass is 79.9. The van der Waals surface area contributed by atoms with Crippen molar-refractivity contribution in [2.24, 2.45) is 0 Å². The smallest absolute Gasteiger partial charge is 0.374 e. The first-order chi connectivity index (χ1) is 12.1. The third-order valence-electron chi connectivity index (χ3n) is 3.50. The van der Waals surface area contributed by atoms with Crippen LogP contribution in [0.5, 0.6) is 5.75 Å². The molecule has 0 aliphatic rings. The normalized spacial score (nSPS) is 10.6. The van der Waals surface area contributed by atoms with Crippen LogP contribution >= 0.6 is 15.9 Å². The first kappa shape index (κ1) is 17.2. The van der Waals surface area contributed by atoms with Crippen LogP contribution in [-0.2, 0) is 11.3 Å². The Balaban J connectivity index is 1.92. The van der Waals surface area contributed by atoms with E-state index in [0.29, 0.717) is 17.7 Å². The van der Waals surface area contributed by atoms with Crippen molar-refractivity contribution >= 4 is 32.9 Å². The van der Waals surface area contributed by atoms with Gasteiger partial charge in [-0.2, -0.15) is 0 Å². The monoisotopic (exact) mass is 402 g/mol. The molecule has 25 heavy (non-hydrogen) atoms. The van der Waals surface area contributed by atoms with Crippen LogP contribution in [0.15, 0.2) is 62.2 Å². The third-order valence-corrected chi connectivity index (χ3v) is 4.03. The van der Waals surface area contributed by atoms with Crippen LogP contribution in [0, 0.1) is 0 Å². The summed E-state index contributed by atoms with van der Waals surface area (Å²) in [5, 5.41) is 0.299. The number of esters is 1. The van der Waals surface area contributed by atoms with E-state index in [1.165, 1.54) is 0 Å². The quantitative estimate of drug-likeness (QED) is 0.594. The lowest BCUT2D eigenvalue weighted by Gasteiger charge is -2.09. The molecule has 2 aromatic carbocycles. The van der Waals surface area contributed by atoms with E-state index in [0.717, 1.165) is 16.1 Å². The number of halogens is 1. The summed E-state index contributed by atoms with van der Waals surface area (Å²) in [7, 11) is 0. The summed E-state index contributed by atoms with van der Waals surface area (Å²) in [6.45, 7) is 2.20. The zero-order valence-corrected chi connectivity index (χ0v) is 15.0. The molecule has 0 saturated carbocycles. The SMILES string of the molecule is CCOC(=O)c1cc(=O)c2c(OCc3ccc(Br)cc3)cccc2o1. The number of hydrogen-bond donors (Lipinski definition) is 0. The summed E-state index contributed by atoms with van der Waals surface area (Å²) < 4.78 is 17.1. The number of fused-ring (bicyclic) bond motifs is 1. The predicted molar refractivity (Wildman–Crippen MR) is 96.9 cm³/mol. The molecule has 0 atom stereocenters. The Labute approximate surface area is 152 Å². The van der Waals surface area contributed by atoms with E-state index in [1.807, 2.05) is 24.3 Å². The predicted octanol–water partition coefficient (Wildman–Crippen LogP) is 4.31. The summed E-state index contributed by atoms with van der Waals surface area (Å²) in [5.41, 5.74) is 0.896. The highest BCUT2D eigenvalue weighted by Crippen LogP contribution is 2.24. The Kier molecular flexibility index (Phi) is 5.19. The molecule has 0 saturated heterocycles. The second-order valence-electron chi connectivity index (χ2n) is 5.24. The first-order valence-electron chi connectivity index (χ1n) is 7.69. The van der Waals surface area contributed by atoms with Crippen LogP contribution in [-0.4, -0.2) is 12.6 Å². The molecule has 1 heterocycles. The molecule has 0 bridgehead atoms. The molecule has 0 radical (unpaired) electrons. The van der Waals surface area contributed by atoms with E-state index in [4.69, 9.17) is 13.9 Å². The maximum absolute atomic E-state index is 12.4. The van der Waals surface area contributed by atoms with Crippen molar-refractivity contribution in [2.45, 2.75) is 13.5 Å². The summed E-state index contributed by atoms with van der Waals surface area (Å²) >= 11 is 3.38. The van der Waals surface area contributed by atoms with Crippen molar-refractivity contribution in [3.63, 3.8) is 0 Å². The molecule has 0 amide bonds. The molecule has 0 aliphatic heterocycles. The zero-order valence-electron chi connectivity index (χ0n) is 13.5. The zero-order chi connectivity index (χ0) is 17.8. The van der Waals surface area contributed by atoms with E-state index >= 15 is 0 Å². The van der Waals surface area contributed by atoms with Crippen LogP contribution in [0.2, 0.25) is 0 Å². The molecule has 1 aromatic heterocycles. The largest absolute Gasteiger partial charge is 0.488 e. The number of benzene rings is 2. The fourth-order valence-electron chi connectivity index (χ4n) is 2.34. The molecule has 0 spiro atoms. The van der Waals surface area contributed by atoms with Gasteiger partial charge in [0.05, 0.1) is 6.61 Å². The standard InChI is InChI=1S/C19H15BrO5/c1-2-23-19(22)17-10-14(21)18-15(4-3-5-16(18)25-17)24-11-12-6-8-13(20)9-7-12/h3-10H,2,11H2,1H3. The molecular formula is C19H15BrO5. The maximum atomic E-state index is 12.4. The third kappa shape index (κ3) is 3.91. The summed E-state index contributed by atoms with van der Waals surface area (Å²) in [6.07, 6.45) is 0. The van der Waals surface area contributed by atoms with Crippen molar-refractivity contribution in [3.8, 4) is 5.75 Å². The van der Waals surface area contributed by atoms with Crippen LogP contribution in [0.25, 0.3) is 11.0 Å². The second kappa shape index (κ2) is 7.53. The van der Waals surface area contributed by atoms with Crippen LogP contribution in [0.3, 0.4) is 0 Å². The Morgan fingerprint density at radius 3 is 2.64 bits per heavy atom. The fourth-order valence-corrected chi connectivity index (χ4v) is 2.61. The second-order valence-corrected chi connectivity index (χ2v) is 6.16. The van der Waals surface area contributed by atoms with E-state index in [1.54, 1.807) is 25.1 Å². The van der Waals surface area contributed by atoms with Crippen molar-refractivity contribution in [3.05, 3.63) is 74.6 Å². The van der Waals surface area contributed by atoms with Crippen LogP contribution < -0.4 is 10.2 Å². The fraction of sp³-hybridized carbons (Fsp3) is 0.158. The lowest BCUT2D eigenvalue weighted by Crippen LogP contribution is -2.11. The van der Waals surface area contributed by atoms with Gasteiger partial charge >= 0.3 is 5.97 Å². The van der Waals surface area contributed by atoms with Gasteiger partial charge < -0.3 is 13.9 Å². The van der Waals surface area contributed by atoms with Gasteiger partial charge in [-0.15, -0.1) is 0 Å². The van der Waals surface area contributed by atoms with E-state index < -0.39 is 5.97 Å². The number of ether oxygens (including phenoxy) is 2. The lowest BCUT2D eigenvalue weighted by atomic mass is 10.2. The maximum Gasteiger partial charge on any atom is 0.374 e. The summed E-state index contributed by atoms with van der Waals surface area (Å²) in [6, 6.07) is 13.8. The molecule has 6 heteroatoms. The van der Waals surface area contributed by atoms with Gasteiger partial charge in [0.15, 0.2) is 5.43 Å². The van der Waals surface area contributed by atoms with Crippen LogP contribution in [0.1, 0.15) is 23.0 Å². The summed E-state index contributed by atoms with van der Waals surface area (Å²) in [5.74, 6) is -0.378. The Morgan fingerprint density at radius 2 is 1.92 bits per heavy atom. The highest BCUT2D eigenvalue weighted by molar-refractivity contribution is 9.10. The average Bonchev–Trinajstić information content (AvgIpc) is 2.61. The van der Waals surface area contributed by atoms with Crippen LogP contribution in [0.4, 0.5) is 0 Å². The summed E-state index contributed by atoms with van der Waals surface area (Å²) in [4.78, 5) is 24.2. The molecule has 0 unspecified atom stereocenters. The topological polar surface area (TPSA) is 65.7 Å². The van der Waals surface area contributed by atoms with E-state index in [2.05, 4.69) is 15.9 Å². The number of rotatable bonds is 5. The van der Waals surface area contributed by atoms with Gasteiger partial charge in [-0.1, -0.05) is 34.1 Å². The highest BCUT2D eigenvalue weighted by Gasteiger charge is 2.15. The van der Waals surface area contributed by atoms with Crippen molar-refractivity contribution in [2.75, 3.05) is 6.61 Å². The van der Waals surface area contributed by atoms with Gasteiger partial charge in [0.1, 0.15) is 23.3 Å². The molecular weight excluding hydrogens is 388 g/mol. The molecule has 0 N–H and O–H groups in total. The lowest BCUT2D eigenvalue weighted by molar-refractivity contribution is 0.0490. The van der Waals surface area contributed by atoms with Crippen molar-refractivity contribution < 1.29 is 18.7 Å². The molecule has 128 valence electrons. The van der Waals surface area contributed by atoms with Gasteiger partial charge in [-0.3, -0.25) is 4.79 Å². The number of carbonyl (C=O) groups is 1. The van der Waals surface area contributed by atoms with Crippen molar-refractivity contribution in [1.82, 2.24) is 0 Å². The Bertz CT molecular complexity index is 960. The average molecular weight is 403 g/mol. The number of carbonyl (C=O) groups excluding carboxylic acids is 1. The van der Waals surface area contributed by atoms with Crippen molar-refractivity contribution in [1.29, 1.82) is 0 Å². The first-order valence-corrected chi connectivity index (χ1v) is 8.49. The van der Waals surface area contributed by atoms with Gasteiger partial charge in [0.25, 0.3) is 0 Å².